The molecule has 0 spiro atoms. The number of benzene rings is 2. The number of halogens is 2. The fourth-order valence-corrected chi connectivity index (χ4v) is 2.24. The molecule has 22 heavy (non-hydrogen) atoms. The SMILES string of the molecule is COc1ccc(OCCN=Cc2cc(Cl)cc(Cl)c2O)cc1. The lowest BCUT2D eigenvalue weighted by atomic mass is 10.2. The second-order valence-electron chi connectivity index (χ2n) is 4.38. The Morgan fingerprint density at radius 3 is 2.50 bits per heavy atom. The molecule has 0 aliphatic rings. The Balaban J connectivity index is 1.85. The van der Waals surface area contributed by atoms with Crippen LogP contribution in [0, 0.1) is 0 Å². The highest BCUT2D eigenvalue weighted by molar-refractivity contribution is 6.36. The summed E-state index contributed by atoms with van der Waals surface area (Å²) in [5, 5.41) is 10.4. The minimum absolute atomic E-state index is 0.0362. The number of aromatic hydroxyl groups is 1. The van der Waals surface area contributed by atoms with Crippen LogP contribution in [0.2, 0.25) is 10.0 Å². The van der Waals surface area contributed by atoms with Gasteiger partial charge in [0, 0.05) is 16.8 Å². The van der Waals surface area contributed by atoms with E-state index in [0.29, 0.717) is 23.7 Å². The molecule has 0 saturated heterocycles. The van der Waals surface area contributed by atoms with Crippen LogP contribution in [0.3, 0.4) is 0 Å². The van der Waals surface area contributed by atoms with Gasteiger partial charge in [-0.2, -0.15) is 0 Å². The second-order valence-corrected chi connectivity index (χ2v) is 5.23. The highest BCUT2D eigenvalue weighted by Gasteiger charge is 2.05. The summed E-state index contributed by atoms with van der Waals surface area (Å²) in [5.74, 6) is 1.48. The molecule has 0 unspecified atom stereocenters. The molecule has 0 fully saturated rings. The Morgan fingerprint density at radius 2 is 1.82 bits per heavy atom. The number of hydrogen-bond donors (Lipinski definition) is 1. The van der Waals surface area contributed by atoms with Crippen LogP contribution in [-0.4, -0.2) is 31.6 Å². The monoisotopic (exact) mass is 339 g/mol. The summed E-state index contributed by atoms with van der Waals surface area (Å²) in [5.41, 5.74) is 0.474. The first-order valence-electron chi connectivity index (χ1n) is 6.55. The first kappa shape index (κ1) is 16.5. The highest BCUT2D eigenvalue weighted by atomic mass is 35.5. The largest absolute Gasteiger partial charge is 0.506 e. The maximum atomic E-state index is 9.78. The van der Waals surface area contributed by atoms with E-state index in [0.717, 1.165) is 11.5 Å². The number of phenolic OH excluding ortho intramolecular Hbond substituents is 1. The van der Waals surface area contributed by atoms with E-state index in [4.69, 9.17) is 32.7 Å². The van der Waals surface area contributed by atoms with Crippen molar-refractivity contribution in [3.05, 3.63) is 52.0 Å². The first-order chi connectivity index (χ1) is 10.6. The molecule has 0 heterocycles. The summed E-state index contributed by atoms with van der Waals surface area (Å²) in [6.07, 6.45) is 1.52. The molecule has 0 aromatic heterocycles. The van der Waals surface area contributed by atoms with Gasteiger partial charge in [0.05, 0.1) is 18.7 Å². The fourth-order valence-electron chi connectivity index (χ4n) is 1.74. The van der Waals surface area contributed by atoms with Crippen LogP contribution in [0.25, 0.3) is 0 Å². The van der Waals surface area contributed by atoms with Gasteiger partial charge in [0.2, 0.25) is 0 Å². The van der Waals surface area contributed by atoms with E-state index < -0.39 is 0 Å². The summed E-state index contributed by atoms with van der Waals surface area (Å²) in [7, 11) is 1.61. The van der Waals surface area contributed by atoms with Gasteiger partial charge in [-0.05, 0) is 36.4 Å². The maximum absolute atomic E-state index is 9.78. The van der Waals surface area contributed by atoms with Crippen molar-refractivity contribution in [3.8, 4) is 17.2 Å². The predicted molar refractivity (Wildman–Crippen MR) is 89.1 cm³/mol. The van der Waals surface area contributed by atoms with E-state index in [1.54, 1.807) is 13.2 Å². The zero-order valence-electron chi connectivity index (χ0n) is 11.9. The van der Waals surface area contributed by atoms with Crippen LogP contribution in [0.4, 0.5) is 0 Å². The van der Waals surface area contributed by atoms with Crippen molar-refractivity contribution in [2.24, 2.45) is 4.99 Å². The Hall–Kier alpha value is -1.91. The molecular weight excluding hydrogens is 325 g/mol. The van der Waals surface area contributed by atoms with E-state index in [1.807, 2.05) is 24.3 Å². The standard InChI is InChI=1S/C16H15Cl2NO3/c1-21-13-2-4-14(5-3-13)22-7-6-19-10-11-8-12(17)9-15(18)16(11)20/h2-5,8-10,20H,6-7H2,1H3. The third kappa shape index (κ3) is 4.55. The third-order valence-electron chi connectivity index (χ3n) is 2.84. The zero-order valence-corrected chi connectivity index (χ0v) is 13.4. The molecule has 0 radical (unpaired) electrons. The van der Waals surface area contributed by atoms with Crippen molar-refractivity contribution < 1.29 is 14.6 Å². The van der Waals surface area contributed by atoms with E-state index >= 15 is 0 Å². The number of nitrogens with zero attached hydrogens (tertiary/aromatic N) is 1. The molecule has 6 heteroatoms. The molecule has 0 aliphatic heterocycles. The van der Waals surface area contributed by atoms with E-state index in [9.17, 15) is 5.11 Å². The lowest BCUT2D eigenvalue weighted by molar-refractivity contribution is 0.328. The van der Waals surface area contributed by atoms with Crippen molar-refractivity contribution >= 4 is 29.4 Å². The van der Waals surface area contributed by atoms with Crippen LogP contribution in [0.1, 0.15) is 5.56 Å². The summed E-state index contributed by atoms with van der Waals surface area (Å²) in [6.45, 7) is 0.855. The predicted octanol–water partition coefficient (Wildman–Crippen LogP) is 4.21. The smallest absolute Gasteiger partial charge is 0.143 e. The molecule has 0 aliphatic carbocycles. The van der Waals surface area contributed by atoms with E-state index in [-0.39, 0.29) is 10.8 Å². The second kappa shape index (κ2) is 7.92. The molecule has 2 aromatic rings. The van der Waals surface area contributed by atoms with Gasteiger partial charge in [0.1, 0.15) is 23.9 Å². The molecule has 0 saturated carbocycles. The van der Waals surface area contributed by atoms with Gasteiger partial charge >= 0.3 is 0 Å². The van der Waals surface area contributed by atoms with Crippen molar-refractivity contribution in [2.75, 3.05) is 20.3 Å². The fraction of sp³-hybridized carbons (Fsp3) is 0.188. The average molecular weight is 340 g/mol. The van der Waals surface area contributed by atoms with Crippen LogP contribution >= 0.6 is 23.2 Å². The van der Waals surface area contributed by atoms with Gasteiger partial charge in [-0.3, -0.25) is 4.99 Å². The molecule has 0 amide bonds. The van der Waals surface area contributed by atoms with Gasteiger partial charge in [0.25, 0.3) is 0 Å². The topological polar surface area (TPSA) is 51.0 Å². The van der Waals surface area contributed by atoms with Gasteiger partial charge < -0.3 is 14.6 Å². The summed E-state index contributed by atoms with van der Waals surface area (Å²) >= 11 is 11.7. The van der Waals surface area contributed by atoms with Gasteiger partial charge in [-0.25, -0.2) is 0 Å². The molecule has 0 atom stereocenters. The Bertz CT molecular complexity index is 657. The van der Waals surface area contributed by atoms with Gasteiger partial charge in [-0.1, -0.05) is 23.2 Å². The van der Waals surface area contributed by atoms with Crippen molar-refractivity contribution in [1.82, 2.24) is 0 Å². The maximum Gasteiger partial charge on any atom is 0.143 e. The molecule has 1 N–H and O–H groups in total. The average Bonchev–Trinajstić information content (AvgIpc) is 2.52. The third-order valence-corrected chi connectivity index (χ3v) is 3.34. The minimum atomic E-state index is -0.0362. The number of methoxy groups -OCH3 is 1. The first-order valence-corrected chi connectivity index (χ1v) is 7.30. The van der Waals surface area contributed by atoms with E-state index in [2.05, 4.69) is 4.99 Å². The molecular formula is C16H15Cl2NO3. The van der Waals surface area contributed by atoms with Crippen LogP contribution in [-0.2, 0) is 0 Å². The molecule has 4 nitrogen and oxygen atoms in total. The van der Waals surface area contributed by atoms with Crippen molar-refractivity contribution in [1.29, 1.82) is 0 Å². The summed E-state index contributed by atoms with van der Waals surface area (Å²) in [6, 6.07) is 10.4. The number of rotatable bonds is 6. The lowest BCUT2D eigenvalue weighted by Crippen LogP contribution is -2.01. The minimum Gasteiger partial charge on any atom is -0.506 e. The molecule has 0 bridgehead atoms. The number of phenols is 1. The van der Waals surface area contributed by atoms with Crippen molar-refractivity contribution in [2.45, 2.75) is 0 Å². The van der Waals surface area contributed by atoms with Gasteiger partial charge in [-0.15, -0.1) is 0 Å². The normalized spacial score (nSPS) is 10.9. The Labute approximate surface area is 138 Å². The highest BCUT2D eigenvalue weighted by Crippen LogP contribution is 2.29. The van der Waals surface area contributed by atoms with Crippen LogP contribution < -0.4 is 9.47 Å². The van der Waals surface area contributed by atoms with Crippen molar-refractivity contribution in [3.63, 3.8) is 0 Å². The number of ether oxygens (including phenoxy) is 2. The van der Waals surface area contributed by atoms with Crippen LogP contribution in [0.15, 0.2) is 41.4 Å². The van der Waals surface area contributed by atoms with E-state index in [1.165, 1.54) is 12.3 Å². The molecule has 116 valence electrons. The zero-order chi connectivity index (χ0) is 15.9. The Kier molecular flexibility index (Phi) is 5.92. The summed E-state index contributed by atoms with van der Waals surface area (Å²) < 4.78 is 10.6. The van der Waals surface area contributed by atoms with Gasteiger partial charge in [0.15, 0.2) is 0 Å². The molecule has 2 aromatic carbocycles. The summed E-state index contributed by atoms with van der Waals surface area (Å²) in [4.78, 5) is 4.18. The quantitative estimate of drug-likeness (QED) is 0.633. The number of hydrogen-bond acceptors (Lipinski definition) is 4. The Morgan fingerprint density at radius 1 is 1.14 bits per heavy atom. The van der Waals surface area contributed by atoms with Crippen LogP contribution in [0.5, 0.6) is 17.2 Å². The molecule has 2 rings (SSSR count). The lowest BCUT2D eigenvalue weighted by Gasteiger charge is -2.05. The number of aliphatic imine (C=N–C) groups is 1.